The van der Waals surface area contributed by atoms with Gasteiger partial charge in [-0.15, -0.1) is 0 Å². The van der Waals surface area contributed by atoms with Crippen LogP contribution >= 0.6 is 22.6 Å². The molecule has 2 aromatic rings. The topological polar surface area (TPSA) is 73.8 Å². The Kier molecular flexibility index (Phi) is 2.80. The van der Waals surface area contributed by atoms with Gasteiger partial charge < -0.3 is 0 Å². The summed E-state index contributed by atoms with van der Waals surface area (Å²) in [5.41, 5.74) is 1.23. The monoisotopic (exact) mass is 318 g/mol. The average molecular weight is 318 g/mol. The number of hydrogen-bond acceptors (Lipinski definition) is 5. The zero-order valence-corrected chi connectivity index (χ0v) is 10.0. The van der Waals surface area contributed by atoms with Gasteiger partial charge in [0, 0.05) is 6.20 Å². The summed E-state index contributed by atoms with van der Waals surface area (Å²) < 4.78 is 6.59. The van der Waals surface area contributed by atoms with E-state index < -0.39 is 0 Å². The summed E-state index contributed by atoms with van der Waals surface area (Å²) in [6.45, 7) is 2.11. The van der Waals surface area contributed by atoms with Crippen molar-refractivity contribution in [3.8, 4) is 0 Å². The minimum absolute atomic E-state index is 0.0898. The summed E-state index contributed by atoms with van der Waals surface area (Å²) in [7, 11) is 0. The zero-order chi connectivity index (χ0) is 10.8. The maximum absolute atomic E-state index is 11.6. The number of rotatable bonds is 2. The number of nitrogens with zero attached hydrogens (tertiary/aromatic N) is 4. The first-order valence-electron chi connectivity index (χ1n) is 4.16. The lowest BCUT2D eigenvalue weighted by Gasteiger charge is -2.01. The Morgan fingerprint density at radius 1 is 1.53 bits per heavy atom. The molecular formula is C8H7IN4O2. The van der Waals surface area contributed by atoms with E-state index >= 15 is 0 Å². The number of halogens is 1. The van der Waals surface area contributed by atoms with Gasteiger partial charge >= 0.3 is 0 Å². The van der Waals surface area contributed by atoms with Crippen molar-refractivity contribution in [1.29, 1.82) is 0 Å². The molecule has 6 nitrogen and oxygen atoms in total. The van der Waals surface area contributed by atoms with Crippen LogP contribution in [0.3, 0.4) is 0 Å². The van der Waals surface area contributed by atoms with Gasteiger partial charge in [0.15, 0.2) is 0 Å². The second-order valence-corrected chi connectivity index (χ2v) is 4.13. The van der Waals surface area contributed by atoms with E-state index in [4.69, 9.17) is 0 Å². The second-order valence-electron chi connectivity index (χ2n) is 2.97. The maximum Gasteiger partial charge on any atom is 0.267 e. The van der Waals surface area contributed by atoms with Gasteiger partial charge in [-0.05, 0) is 29.5 Å². The predicted molar refractivity (Wildman–Crippen MR) is 59.4 cm³/mol. The smallest absolute Gasteiger partial charge is 0.267 e. The van der Waals surface area contributed by atoms with Gasteiger partial charge in [0.1, 0.15) is 11.4 Å². The Balaban J connectivity index is 2.37. The second kappa shape index (κ2) is 4.09. The molecule has 0 radical (unpaired) electrons. The van der Waals surface area contributed by atoms with Gasteiger partial charge in [0.2, 0.25) is 0 Å². The fourth-order valence-electron chi connectivity index (χ4n) is 1.09. The Morgan fingerprint density at radius 2 is 2.33 bits per heavy atom. The van der Waals surface area contributed by atoms with E-state index in [9.17, 15) is 4.79 Å². The third kappa shape index (κ3) is 2.06. The van der Waals surface area contributed by atoms with Crippen LogP contribution in [0.4, 0.5) is 0 Å². The van der Waals surface area contributed by atoms with Gasteiger partial charge in [-0.25, -0.2) is 9.61 Å². The van der Waals surface area contributed by atoms with Crippen LogP contribution in [0.2, 0.25) is 0 Å². The lowest BCUT2D eigenvalue weighted by atomic mass is 10.3. The normalized spacial score (nSPS) is 10.5. The van der Waals surface area contributed by atoms with Crippen molar-refractivity contribution in [2.75, 3.05) is 0 Å². The van der Waals surface area contributed by atoms with E-state index in [0.717, 1.165) is 0 Å². The Labute approximate surface area is 98.4 Å². The van der Waals surface area contributed by atoms with Gasteiger partial charge in [-0.2, -0.15) is 0 Å². The van der Waals surface area contributed by atoms with E-state index in [1.165, 1.54) is 17.1 Å². The van der Waals surface area contributed by atoms with Crippen LogP contribution in [0.1, 0.15) is 11.4 Å². The van der Waals surface area contributed by atoms with Crippen LogP contribution < -0.4 is 5.56 Å². The molecule has 78 valence electrons. The van der Waals surface area contributed by atoms with E-state index in [1.807, 2.05) is 22.6 Å². The predicted octanol–water partition coefficient (Wildman–Crippen LogP) is 0.588. The first kappa shape index (κ1) is 10.3. The molecule has 2 rings (SSSR count). The van der Waals surface area contributed by atoms with Crippen molar-refractivity contribution in [2.45, 2.75) is 13.5 Å². The maximum atomic E-state index is 11.6. The van der Waals surface area contributed by atoms with Crippen molar-refractivity contribution < 1.29 is 4.63 Å². The summed E-state index contributed by atoms with van der Waals surface area (Å²) in [6, 6.07) is 0. The molecule has 0 aromatic carbocycles. The molecule has 0 aliphatic carbocycles. The summed E-state index contributed by atoms with van der Waals surface area (Å²) in [4.78, 5) is 15.6. The molecule has 0 N–H and O–H groups in total. The highest BCUT2D eigenvalue weighted by atomic mass is 127. The fourth-order valence-corrected chi connectivity index (χ4v) is 1.56. The Morgan fingerprint density at radius 3 is 3.00 bits per heavy atom. The Hall–Kier alpha value is -1.25. The van der Waals surface area contributed by atoms with Crippen LogP contribution in [-0.2, 0) is 6.54 Å². The van der Waals surface area contributed by atoms with Gasteiger partial charge in [-0.3, -0.25) is 9.36 Å². The lowest BCUT2D eigenvalue weighted by molar-refractivity contribution is 0.300. The Bertz CT molecular complexity index is 533. The van der Waals surface area contributed by atoms with Crippen LogP contribution in [0, 0.1) is 10.5 Å². The molecule has 0 spiro atoms. The molecule has 0 saturated heterocycles. The molecular weight excluding hydrogens is 311 g/mol. The number of aromatic nitrogens is 4. The van der Waals surface area contributed by atoms with Crippen molar-refractivity contribution in [3.05, 3.63) is 37.8 Å². The minimum Gasteiger partial charge on any atom is -0.292 e. The third-order valence-corrected chi connectivity index (χ3v) is 2.67. The van der Waals surface area contributed by atoms with Crippen LogP contribution in [0.25, 0.3) is 0 Å². The SMILES string of the molecule is Cc1nonc1Cn1cncc(I)c1=O. The zero-order valence-electron chi connectivity index (χ0n) is 7.85. The first-order valence-corrected chi connectivity index (χ1v) is 5.24. The quantitative estimate of drug-likeness (QED) is 0.758. The molecule has 0 bridgehead atoms. The summed E-state index contributed by atoms with van der Waals surface area (Å²) in [5.74, 6) is 0. The molecule has 0 fully saturated rings. The van der Waals surface area contributed by atoms with Crippen LogP contribution in [0.15, 0.2) is 21.9 Å². The molecule has 0 unspecified atom stereocenters. The molecule has 2 heterocycles. The highest BCUT2D eigenvalue weighted by Gasteiger charge is 2.08. The first-order chi connectivity index (χ1) is 7.18. The lowest BCUT2D eigenvalue weighted by Crippen LogP contribution is -2.23. The highest BCUT2D eigenvalue weighted by molar-refractivity contribution is 14.1. The molecule has 0 atom stereocenters. The third-order valence-electron chi connectivity index (χ3n) is 1.93. The molecule has 7 heteroatoms. The average Bonchev–Trinajstić information content (AvgIpc) is 2.60. The van der Waals surface area contributed by atoms with Crippen LogP contribution in [0.5, 0.6) is 0 Å². The molecule has 0 saturated carbocycles. The van der Waals surface area contributed by atoms with Crippen molar-refractivity contribution >= 4 is 22.6 Å². The minimum atomic E-state index is -0.0898. The van der Waals surface area contributed by atoms with E-state index in [-0.39, 0.29) is 5.56 Å². The van der Waals surface area contributed by atoms with E-state index in [1.54, 1.807) is 6.92 Å². The molecule has 2 aromatic heterocycles. The molecule has 0 aliphatic heterocycles. The summed E-state index contributed by atoms with van der Waals surface area (Å²) >= 11 is 1.94. The molecule has 0 aliphatic rings. The molecule has 0 amide bonds. The van der Waals surface area contributed by atoms with Crippen molar-refractivity contribution in [1.82, 2.24) is 19.9 Å². The van der Waals surface area contributed by atoms with Gasteiger partial charge in [0.05, 0.1) is 16.4 Å². The largest absolute Gasteiger partial charge is 0.292 e. The molecule has 15 heavy (non-hydrogen) atoms. The van der Waals surface area contributed by atoms with Gasteiger partial charge in [0.25, 0.3) is 5.56 Å². The van der Waals surface area contributed by atoms with Crippen molar-refractivity contribution in [2.24, 2.45) is 0 Å². The number of hydrogen-bond donors (Lipinski definition) is 0. The van der Waals surface area contributed by atoms with Gasteiger partial charge in [-0.1, -0.05) is 10.3 Å². The van der Waals surface area contributed by atoms with E-state index in [0.29, 0.717) is 21.5 Å². The number of aryl methyl sites for hydroxylation is 1. The van der Waals surface area contributed by atoms with E-state index in [2.05, 4.69) is 19.9 Å². The standard InChI is InChI=1S/C8H7IN4O2/c1-5-7(12-15-11-5)3-13-4-10-2-6(9)8(13)14/h2,4H,3H2,1H3. The highest BCUT2D eigenvalue weighted by Crippen LogP contribution is 2.02. The summed E-state index contributed by atoms with van der Waals surface area (Å²) in [5, 5.41) is 7.35. The van der Waals surface area contributed by atoms with Crippen molar-refractivity contribution in [3.63, 3.8) is 0 Å². The van der Waals surface area contributed by atoms with Crippen LogP contribution in [-0.4, -0.2) is 19.9 Å². The summed E-state index contributed by atoms with van der Waals surface area (Å²) in [6.07, 6.45) is 2.99. The fraction of sp³-hybridized carbons (Fsp3) is 0.250.